The molecule has 0 amide bonds. The molecule has 3 aromatic carbocycles. The molecule has 0 unspecified atom stereocenters. The van der Waals surface area contributed by atoms with Gasteiger partial charge in [-0.25, -0.2) is 0 Å². The fourth-order valence-corrected chi connectivity index (χ4v) is 20.2. The zero-order valence-electron chi connectivity index (χ0n) is 32.5. The fraction of sp³-hybridized carbons (Fsp3) is 0.571. The molecule has 1 aromatic heterocycles. The van der Waals surface area contributed by atoms with E-state index in [-0.39, 0.29) is 30.4 Å². The van der Waals surface area contributed by atoms with Crippen LogP contribution in [0.2, 0.25) is 0 Å². The number of benzene rings is 3. The summed E-state index contributed by atoms with van der Waals surface area (Å²) in [6, 6.07) is 26.9. The summed E-state index contributed by atoms with van der Waals surface area (Å²) in [6.07, 6.45) is 19.6. The van der Waals surface area contributed by atoms with E-state index < -0.39 is 7.14 Å². The zero-order valence-corrected chi connectivity index (χ0v) is 35.8. The normalized spacial score (nSPS) is 33.8. The molecule has 8 bridgehead atoms. The Morgan fingerprint density at radius 3 is 1.89 bits per heavy atom. The number of hydrogen-bond acceptors (Lipinski definition) is 2. The summed E-state index contributed by atoms with van der Waals surface area (Å²) >= 11 is 0. The summed E-state index contributed by atoms with van der Waals surface area (Å²) < 4.78 is 15.9. The summed E-state index contributed by atoms with van der Waals surface area (Å²) in [5.41, 5.74) is 10.3. The van der Waals surface area contributed by atoms with Gasteiger partial charge in [-0.15, -0.1) is 39.7 Å². The Morgan fingerprint density at radius 2 is 1.36 bits per heavy atom. The molecule has 4 heteroatoms. The van der Waals surface area contributed by atoms with Crippen LogP contribution in [0.4, 0.5) is 0 Å². The SMILES string of the molecule is Cc1[c-]c2c(c(C)c1)CCc1cc3c(CC(C)C)cccc3nc1-2.O=P(c1[c-]cccc1)(C12CC3CC(CC(C3)C1)C2)C12CC3CC(CC(C3)C1)C2.[Ir]. The number of aromatic nitrogens is 1. The van der Waals surface area contributed by atoms with Gasteiger partial charge < -0.3 is 4.57 Å². The molecule has 0 spiro atoms. The standard InChI is InChI=1S/C26H34OP.C23H24N.Ir/c27-28(24-4-2-1-3-5-24,25-12-18-6-19(13-25)8-20(7-18)14-25)26-15-21-9-22(16-26)11-23(10-21)17-26;1-14(2)10-17-6-5-7-22-20(17)13-18-8-9-19-16(4)11-15(3)12-21(19)23(18)24-22;/h1-4,18-23H,6-17H2;5-7,11,13-14H,8-10H2,1-4H3;/q2*-1;. The quantitative estimate of drug-likeness (QED) is 0.148. The molecular weight excluding hydrogens is 842 g/mol. The van der Waals surface area contributed by atoms with Gasteiger partial charge in [-0.2, -0.15) is 30.3 Å². The van der Waals surface area contributed by atoms with Crippen molar-refractivity contribution in [1.29, 1.82) is 0 Å². The van der Waals surface area contributed by atoms with Crippen molar-refractivity contribution in [3.05, 3.63) is 94.5 Å². The molecule has 0 atom stereocenters. The van der Waals surface area contributed by atoms with Gasteiger partial charge in [-0.05, 0) is 149 Å². The van der Waals surface area contributed by atoms with Crippen LogP contribution in [0, 0.1) is 67.4 Å². The predicted octanol–water partition coefficient (Wildman–Crippen LogP) is 12.0. The maximum atomic E-state index is 15.9. The second kappa shape index (κ2) is 13.6. The Hall–Kier alpha value is -2.05. The molecule has 4 aromatic rings. The van der Waals surface area contributed by atoms with E-state index in [0.29, 0.717) is 5.92 Å². The molecule has 0 N–H and O–H groups in total. The van der Waals surface area contributed by atoms with Crippen LogP contribution < -0.4 is 5.30 Å². The summed E-state index contributed by atoms with van der Waals surface area (Å²) in [7, 11) is -2.53. The van der Waals surface area contributed by atoms with E-state index in [2.05, 4.69) is 94.4 Å². The summed E-state index contributed by atoms with van der Waals surface area (Å²) in [4.78, 5) is 5.08. The Balaban J connectivity index is 0.000000140. The van der Waals surface area contributed by atoms with Crippen molar-refractivity contribution < 1.29 is 24.7 Å². The third-order valence-corrected chi connectivity index (χ3v) is 20.2. The number of rotatable bonds is 5. The molecule has 0 aliphatic heterocycles. The first-order valence-corrected chi connectivity index (χ1v) is 22.8. The van der Waals surface area contributed by atoms with Gasteiger partial charge in [0.1, 0.15) is 7.14 Å². The zero-order chi connectivity index (χ0) is 35.4. The Labute approximate surface area is 332 Å². The van der Waals surface area contributed by atoms with E-state index >= 15 is 4.57 Å². The Kier molecular flexibility index (Phi) is 9.36. The summed E-state index contributed by atoms with van der Waals surface area (Å²) in [6.45, 7) is 8.90. The number of fused-ring (bicyclic) bond motifs is 4. The van der Waals surface area contributed by atoms with Crippen molar-refractivity contribution in [1.82, 2.24) is 4.98 Å². The molecule has 281 valence electrons. The van der Waals surface area contributed by atoms with E-state index in [1.54, 1.807) is 0 Å². The van der Waals surface area contributed by atoms with Gasteiger partial charge in [0.2, 0.25) is 0 Å². The number of nitrogens with zero attached hydrogens (tertiary/aromatic N) is 1. The van der Waals surface area contributed by atoms with Crippen molar-refractivity contribution in [2.75, 3.05) is 0 Å². The predicted molar refractivity (Wildman–Crippen MR) is 216 cm³/mol. The van der Waals surface area contributed by atoms with E-state index in [4.69, 9.17) is 4.98 Å². The molecule has 1 heterocycles. The average molecular weight is 900 g/mol. The molecule has 8 saturated carbocycles. The fourth-order valence-electron chi connectivity index (χ4n) is 14.5. The largest absolute Gasteiger partial charge is 0.320 e. The van der Waals surface area contributed by atoms with Gasteiger partial charge >= 0.3 is 0 Å². The number of pyridine rings is 1. The number of hydrogen-bond donors (Lipinski definition) is 0. The minimum absolute atomic E-state index is 0. The minimum Gasteiger partial charge on any atom is -0.320 e. The van der Waals surface area contributed by atoms with Gasteiger partial charge in [0.05, 0.1) is 5.52 Å². The van der Waals surface area contributed by atoms with Crippen molar-refractivity contribution in [3.8, 4) is 11.3 Å². The topological polar surface area (TPSA) is 30.0 Å². The smallest absolute Gasteiger partial charge is 0.104 e. The first-order chi connectivity index (χ1) is 25.1. The van der Waals surface area contributed by atoms with Crippen molar-refractivity contribution in [3.63, 3.8) is 0 Å². The van der Waals surface area contributed by atoms with Crippen molar-refractivity contribution in [2.45, 2.75) is 134 Å². The maximum Gasteiger partial charge on any atom is 0.104 e. The molecule has 53 heavy (non-hydrogen) atoms. The van der Waals surface area contributed by atoms with Crippen LogP contribution in [0.3, 0.4) is 0 Å². The van der Waals surface area contributed by atoms with E-state index in [1.165, 1.54) is 121 Å². The maximum absolute atomic E-state index is 15.9. The van der Waals surface area contributed by atoms with Crippen LogP contribution in [-0.2, 0) is 43.9 Å². The Morgan fingerprint density at radius 1 is 0.774 bits per heavy atom. The minimum atomic E-state index is -2.53. The van der Waals surface area contributed by atoms with Crippen molar-refractivity contribution in [2.24, 2.45) is 41.4 Å². The third-order valence-electron chi connectivity index (χ3n) is 15.5. The molecule has 0 saturated heterocycles. The van der Waals surface area contributed by atoms with Crippen LogP contribution >= 0.6 is 7.14 Å². The number of aryl methyl sites for hydroxylation is 3. The van der Waals surface area contributed by atoms with Gasteiger partial charge in [0.15, 0.2) is 0 Å². The second-order valence-electron chi connectivity index (χ2n) is 19.7. The van der Waals surface area contributed by atoms with Gasteiger partial charge in [0, 0.05) is 35.8 Å². The van der Waals surface area contributed by atoms with E-state index in [1.807, 2.05) is 0 Å². The van der Waals surface area contributed by atoms with Crippen LogP contribution in [0.25, 0.3) is 22.2 Å². The molecule has 2 nitrogen and oxygen atoms in total. The van der Waals surface area contributed by atoms with E-state index in [0.717, 1.165) is 66.0 Å². The summed E-state index contributed by atoms with van der Waals surface area (Å²) in [5, 5.41) is 2.76. The summed E-state index contributed by atoms with van der Waals surface area (Å²) in [5.74, 6) is 5.89. The average Bonchev–Trinajstić information content (AvgIpc) is 3.10. The molecule has 9 aliphatic carbocycles. The van der Waals surface area contributed by atoms with Gasteiger partial charge in [0.25, 0.3) is 0 Å². The first kappa shape index (κ1) is 36.6. The molecule has 9 aliphatic rings. The van der Waals surface area contributed by atoms with Gasteiger partial charge in [-0.1, -0.05) is 57.9 Å². The van der Waals surface area contributed by atoms with Crippen LogP contribution in [0.1, 0.15) is 119 Å². The van der Waals surface area contributed by atoms with Crippen molar-refractivity contribution >= 4 is 23.3 Å². The Bertz CT molecular complexity index is 1960. The second-order valence-corrected chi connectivity index (χ2v) is 23.3. The van der Waals surface area contributed by atoms with Crippen LogP contribution in [0.5, 0.6) is 0 Å². The molecular formula is C49H58IrNOP-2. The van der Waals surface area contributed by atoms with Crippen LogP contribution in [0.15, 0.2) is 54.6 Å². The monoisotopic (exact) mass is 900 g/mol. The molecule has 1 radical (unpaired) electrons. The molecule has 13 rings (SSSR count). The molecule has 8 fully saturated rings. The van der Waals surface area contributed by atoms with Crippen LogP contribution in [-0.4, -0.2) is 15.3 Å². The first-order valence-electron chi connectivity index (χ1n) is 21.1. The third kappa shape index (κ3) is 5.95. The van der Waals surface area contributed by atoms with Gasteiger partial charge in [-0.3, -0.25) is 4.98 Å². The van der Waals surface area contributed by atoms with E-state index in [9.17, 15) is 0 Å².